The van der Waals surface area contributed by atoms with Crippen molar-refractivity contribution in [2.24, 2.45) is 0 Å². The highest BCUT2D eigenvalue weighted by molar-refractivity contribution is 5.51. The van der Waals surface area contributed by atoms with E-state index in [0.717, 1.165) is 0 Å². The fourth-order valence-electron chi connectivity index (χ4n) is 1.01. The summed E-state index contributed by atoms with van der Waals surface area (Å²) in [5.74, 6) is -1.07. The molecule has 0 amide bonds. The molecule has 0 heterocycles. The number of nitrogens with one attached hydrogen (secondary N) is 1. The van der Waals surface area contributed by atoms with E-state index in [9.17, 15) is 8.78 Å². The number of likely N-dealkylation sites (N-methyl/N-ethyl adjacent to an activating group) is 1. The minimum atomic E-state index is -0.537. The van der Waals surface area contributed by atoms with E-state index in [1.54, 1.807) is 13.1 Å². The van der Waals surface area contributed by atoms with Crippen LogP contribution in [-0.2, 0) is 0 Å². The number of halogens is 2. The lowest BCUT2D eigenvalue weighted by atomic mass is 10.1. The highest BCUT2D eigenvalue weighted by Gasteiger charge is 2.04. The van der Waals surface area contributed by atoms with Crippen molar-refractivity contribution in [3.05, 3.63) is 41.5 Å². The Hall–Kier alpha value is -1.22. The van der Waals surface area contributed by atoms with E-state index in [-0.39, 0.29) is 11.6 Å². The SMILES string of the molecule is CN[C@@H](C)/C=C/c1c(F)cccc1F. The third-order valence-electron chi connectivity index (χ3n) is 2.01. The molecule has 0 bridgehead atoms. The van der Waals surface area contributed by atoms with Crippen LogP contribution in [-0.4, -0.2) is 13.1 Å². The van der Waals surface area contributed by atoms with Crippen LogP contribution in [0.25, 0.3) is 6.08 Å². The van der Waals surface area contributed by atoms with Crippen molar-refractivity contribution in [1.29, 1.82) is 0 Å². The minimum absolute atomic E-state index is 0.00889. The molecule has 1 atom stereocenters. The van der Waals surface area contributed by atoms with E-state index in [1.165, 1.54) is 24.3 Å². The Balaban J connectivity index is 2.91. The van der Waals surface area contributed by atoms with Crippen molar-refractivity contribution in [3.63, 3.8) is 0 Å². The van der Waals surface area contributed by atoms with Crippen LogP contribution in [0.3, 0.4) is 0 Å². The second-order valence-corrected chi connectivity index (χ2v) is 3.07. The van der Waals surface area contributed by atoms with Gasteiger partial charge < -0.3 is 5.32 Å². The van der Waals surface area contributed by atoms with E-state index in [4.69, 9.17) is 0 Å². The molecule has 1 nitrogen and oxygen atoms in total. The average Bonchev–Trinajstić information content (AvgIpc) is 2.16. The van der Waals surface area contributed by atoms with Crippen LogP contribution in [0.1, 0.15) is 12.5 Å². The Kier molecular flexibility index (Phi) is 3.77. The first kappa shape index (κ1) is 10.9. The summed E-state index contributed by atoms with van der Waals surface area (Å²) in [5, 5.41) is 2.94. The number of hydrogen-bond acceptors (Lipinski definition) is 1. The Labute approximate surface area is 82.4 Å². The van der Waals surface area contributed by atoms with E-state index in [0.29, 0.717) is 0 Å². The van der Waals surface area contributed by atoms with Gasteiger partial charge in [-0.3, -0.25) is 0 Å². The minimum Gasteiger partial charge on any atom is -0.314 e. The maximum atomic E-state index is 13.1. The second-order valence-electron chi connectivity index (χ2n) is 3.07. The van der Waals surface area contributed by atoms with Crippen LogP contribution >= 0.6 is 0 Å². The molecule has 0 aliphatic heterocycles. The topological polar surface area (TPSA) is 12.0 Å². The predicted molar refractivity (Wildman–Crippen MR) is 53.9 cm³/mol. The Morgan fingerprint density at radius 3 is 2.36 bits per heavy atom. The quantitative estimate of drug-likeness (QED) is 0.785. The molecule has 0 spiro atoms. The first-order valence-electron chi connectivity index (χ1n) is 4.44. The summed E-state index contributed by atoms with van der Waals surface area (Å²) in [6, 6.07) is 3.93. The van der Waals surface area contributed by atoms with Gasteiger partial charge in [0.15, 0.2) is 0 Å². The fraction of sp³-hybridized carbons (Fsp3) is 0.273. The molecule has 0 fully saturated rings. The summed E-state index contributed by atoms with van der Waals surface area (Å²) >= 11 is 0. The molecule has 14 heavy (non-hydrogen) atoms. The molecule has 0 saturated carbocycles. The summed E-state index contributed by atoms with van der Waals surface area (Å²) < 4.78 is 26.2. The smallest absolute Gasteiger partial charge is 0.133 e. The molecule has 0 aliphatic carbocycles. The van der Waals surface area contributed by atoms with Gasteiger partial charge in [0.2, 0.25) is 0 Å². The third kappa shape index (κ3) is 2.64. The monoisotopic (exact) mass is 197 g/mol. The van der Waals surface area contributed by atoms with Gasteiger partial charge in [-0.25, -0.2) is 8.78 Å². The van der Waals surface area contributed by atoms with Crippen LogP contribution in [0.2, 0.25) is 0 Å². The van der Waals surface area contributed by atoms with E-state index in [2.05, 4.69) is 5.32 Å². The molecule has 0 aromatic heterocycles. The largest absolute Gasteiger partial charge is 0.314 e. The molecule has 1 aromatic rings. The zero-order valence-corrected chi connectivity index (χ0v) is 8.22. The van der Waals surface area contributed by atoms with Crippen LogP contribution in [0.5, 0.6) is 0 Å². The van der Waals surface area contributed by atoms with Gasteiger partial charge in [0.05, 0.1) is 0 Å². The summed E-state index contributed by atoms with van der Waals surface area (Å²) in [6.45, 7) is 1.90. The molecule has 0 saturated heterocycles. The van der Waals surface area contributed by atoms with Gasteiger partial charge in [0.25, 0.3) is 0 Å². The normalized spacial score (nSPS) is 13.4. The Bertz CT molecular complexity index is 314. The van der Waals surface area contributed by atoms with Gasteiger partial charge in [0, 0.05) is 11.6 Å². The van der Waals surface area contributed by atoms with Crippen LogP contribution < -0.4 is 5.32 Å². The van der Waals surface area contributed by atoms with E-state index < -0.39 is 11.6 Å². The van der Waals surface area contributed by atoms with Crippen molar-refractivity contribution >= 4 is 6.08 Å². The number of rotatable bonds is 3. The maximum Gasteiger partial charge on any atom is 0.133 e. The lowest BCUT2D eigenvalue weighted by Gasteiger charge is -2.03. The summed E-state index contributed by atoms with van der Waals surface area (Å²) in [7, 11) is 1.78. The van der Waals surface area contributed by atoms with Crippen molar-refractivity contribution < 1.29 is 8.78 Å². The Morgan fingerprint density at radius 2 is 1.86 bits per heavy atom. The first-order chi connectivity index (χ1) is 6.65. The first-order valence-corrected chi connectivity index (χ1v) is 4.44. The van der Waals surface area contributed by atoms with Crippen molar-refractivity contribution in [2.45, 2.75) is 13.0 Å². The fourth-order valence-corrected chi connectivity index (χ4v) is 1.01. The summed E-state index contributed by atoms with van der Waals surface area (Å²) in [4.78, 5) is 0. The molecule has 1 aromatic carbocycles. The molecule has 76 valence electrons. The average molecular weight is 197 g/mol. The van der Waals surface area contributed by atoms with Crippen molar-refractivity contribution in [2.75, 3.05) is 7.05 Å². The highest BCUT2D eigenvalue weighted by atomic mass is 19.1. The standard InChI is InChI=1S/C11H13F2N/c1-8(14-2)6-7-9-10(12)4-3-5-11(9)13/h3-8,14H,1-2H3/b7-6+/t8-/m0/s1. The van der Waals surface area contributed by atoms with Gasteiger partial charge >= 0.3 is 0 Å². The second kappa shape index (κ2) is 4.86. The van der Waals surface area contributed by atoms with Gasteiger partial charge in [-0.05, 0) is 26.1 Å². The summed E-state index contributed by atoms with van der Waals surface area (Å²) in [6.07, 6.45) is 3.16. The zero-order chi connectivity index (χ0) is 10.6. The number of benzene rings is 1. The lowest BCUT2D eigenvalue weighted by molar-refractivity contribution is 0.578. The van der Waals surface area contributed by atoms with Gasteiger partial charge in [0.1, 0.15) is 11.6 Å². The van der Waals surface area contributed by atoms with Gasteiger partial charge in [-0.2, -0.15) is 0 Å². The van der Waals surface area contributed by atoms with Crippen LogP contribution in [0, 0.1) is 11.6 Å². The molecule has 0 radical (unpaired) electrons. The molecule has 0 aliphatic rings. The van der Waals surface area contributed by atoms with Crippen LogP contribution in [0.15, 0.2) is 24.3 Å². The van der Waals surface area contributed by atoms with Gasteiger partial charge in [-0.1, -0.05) is 18.2 Å². The predicted octanol–water partition coefficient (Wildman–Crippen LogP) is 2.59. The third-order valence-corrected chi connectivity index (χ3v) is 2.01. The lowest BCUT2D eigenvalue weighted by Crippen LogP contribution is -2.17. The molecule has 0 unspecified atom stereocenters. The van der Waals surface area contributed by atoms with Crippen molar-refractivity contribution in [1.82, 2.24) is 5.32 Å². The van der Waals surface area contributed by atoms with E-state index >= 15 is 0 Å². The molecule has 1 N–H and O–H groups in total. The Morgan fingerprint density at radius 1 is 1.29 bits per heavy atom. The molecular weight excluding hydrogens is 184 g/mol. The van der Waals surface area contributed by atoms with Crippen molar-refractivity contribution in [3.8, 4) is 0 Å². The highest BCUT2D eigenvalue weighted by Crippen LogP contribution is 2.13. The molecule has 3 heteroatoms. The zero-order valence-electron chi connectivity index (χ0n) is 8.22. The van der Waals surface area contributed by atoms with Crippen LogP contribution in [0.4, 0.5) is 8.78 Å². The molecular formula is C11H13F2N. The van der Waals surface area contributed by atoms with E-state index in [1.807, 2.05) is 6.92 Å². The summed E-state index contributed by atoms with van der Waals surface area (Å²) in [5.41, 5.74) is 0.00889. The maximum absolute atomic E-state index is 13.1. The number of hydrogen-bond donors (Lipinski definition) is 1. The molecule has 1 rings (SSSR count). The van der Waals surface area contributed by atoms with Gasteiger partial charge in [-0.15, -0.1) is 0 Å².